The van der Waals surface area contributed by atoms with Crippen LogP contribution in [0.2, 0.25) is 0 Å². The van der Waals surface area contributed by atoms with Crippen molar-refractivity contribution in [2.24, 2.45) is 10.4 Å². The van der Waals surface area contributed by atoms with Gasteiger partial charge in [-0.15, -0.1) is 0 Å². The van der Waals surface area contributed by atoms with Gasteiger partial charge in [-0.05, 0) is 56.2 Å². The van der Waals surface area contributed by atoms with E-state index in [4.69, 9.17) is 9.47 Å². The predicted molar refractivity (Wildman–Crippen MR) is 117 cm³/mol. The number of sulfone groups is 1. The second kappa shape index (κ2) is 8.35. The van der Waals surface area contributed by atoms with Crippen molar-refractivity contribution in [1.82, 2.24) is 0 Å². The summed E-state index contributed by atoms with van der Waals surface area (Å²) < 4.78 is 52.4. The van der Waals surface area contributed by atoms with Gasteiger partial charge in [-0.25, -0.2) is 12.8 Å². The number of esters is 1. The van der Waals surface area contributed by atoms with Gasteiger partial charge in [0.05, 0.1) is 17.7 Å². The monoisotopic (exact) mass is 455 g/mol. The van der Waals surface area contributed by atoms with Crippen LogP contribution in [0.25, 0.3) is 0 Å². The van der Waals surface area contributed by atoms with Gasteiger partial charge in [0.15, 0.2) is 0 Å². The van der Waals surface area contributed by atoms with Crippen molar-refractivity contribution in [3.8, 4) is 5.75 Å². The van der Waals surface area contributed by atoms with Crippen LogP contribution in [-0.4, -0.2) is 32.1 Å². The third kappa shape index (κ3) is 3.44. The highest BCUT2D eigenvalue weighted by Crippen LogP contribution is 2.54. The molecule has 6 nitrogen and oxygen atoms in total. The molecule has 2 aromatic carbocycles. The fourth-order valence-electron chi connectivity index (χ4n) is 4.09. The average Bonchev–Trinajstić information content (AvgIpc) is 3.46. The van der Waals surface area contributed by atoms with Crippen LogP contribution in [0.15, 0.2) is 88.5 Å². The molecule has 1 atom stereocenters. The van der Waals surface area contributed by atoms with Gasteiger partial charge in [0.1, 0.15) is 22.7 Å². The zero-order valence-corrected chi connectivity index (χ0v) is 18.2. The summed E-state index contributed by atoms with van der Waals surface area (Å²) in [5.41, 5.74) is -1.48. The Morgan fingerprint density at radius 1 is 1.06 bits per heavy atom. The summed E-state index contributed by atoms with van der Waals surface area (Å²) in [6.07, 6.45) is 6.49. The van der Waals surface area contributed by atoms with Crippen LogP contribution in [0.4, 0.5) is 4.39 Å². The standard InChI is InChI=1S/C24H22FNO5S/c1-2-30-22(27)23(14-6-7-15-23)24(32(28,29)21-8-4-3-5-9-21)16-20(17-26-24)31-19-12-10-18(25)11-13-19/h3-13,16-17H,2,14-15H2,1H3. The predicted octanol–water partition coefficient (Wildman–Crippen LogP) is 4.24. The van der Waals surface area contributed by atoms with Crippen molar-refractivity contribution in [3.05, 3.63) is 84.4 Å². The molecule has 8 heteroatoms. The summed E-state index contributed by atoms with van der Waals surface area (Å²) in [5.74, 6) is -0.606. The fraction of sp³-hybridized carbons (Fsp3) is 0.250. The van der Waals surface area contributed by atoms with Crippen molar-refractivity contribution in [2.45, 2.75) is 29.5 Å². The van der Waals surface area contributed by atoms with E-state index in [9.17, 15) is 17.6 Å². The summed E-state index contributed by atoms with van der Waals surface area (Å²) in [6, 6.07) is 13.2. The lowest BCUT2D eigenvalue weighted by Crippen LogP contribution is -2.54. The van der Waals surface area contributed by atoms with Gasteiger partial charge in [-0.3, -0.25) is 9.79 Å². The molecule has 2 aliphatic rings. The minimum atomic E-state index is -4.19. The Morgan fingerprint density at radius 3 is 2.34 bits per heavy atom. The summed E-state index contributed by atoms with van der Waals surface area (Å²) >= 11 is 0. The topological polar surface area (TPSA) is 82.0 Å². The van der Waals surface area contributed by atoms with Gasteiger partial charge in [0, 0.05) is 6.08 Å². The van der Waals surface area contributed by atoms with Gasteiger partial charge in [-0.1, -0.05) is 30.4 Å². The molecule has 32 heavy (non-hydrogen) atoms. The lowest BCUT2D eigenvalue weighted by Gasteiger charge is -2.40. The Labute approximate surface area is 186 Å². The van der Waals surface area contributed by atoms with Crippen LogP contribution < -0.4 is 4.74 Å². The number of allylic oxidation sites excluding steroid dienone is 3. The van der Waals surface area contributed by atoms with E-state index in [1.807, 2.05) is 0 Å². The number of aliphatic imine (C=N–C) groups is 1. The number of carbonyl (C=O) groups is 1. The van der Waals surface area contributed by atoms with E-state index in [1.54, 1.807) is 37.3 Å². The summed E-state index contributed by atoms with van der Waals surface area (Å²) in [6.45, 7) is 1.78. The first-order chi connectivity index (χ1) is 15.3. The smallest absolute Gasteiger partial charge is 0.316 e. The van der Waals surface area contributed by atoms with E-state index in [2.05, 4.69) is 4.99 Å². The Morgan fingerprint density at radius 2 is 1.72 bits per heavy atom. The molecule has 1 unspecified atom stereocenters. The highest BCUT2D eigenvalue weighted by Gasteiger charge is 2.65. The highest BCUT2D eigenvalue weighted by atomic mass is 32.2. The molecule has 2 aromatic rings. The SMILES string of the molecule is CCOC(=O)C1(C2(S(=O)(=O)c3ccccc3)C=C(Oc3ccc(F)cc3)C=N2)CC=CC1. The van der Waals surface area contributed by atoms with Gasteiger partial charge >= 0.3 is 5.97 Å². The van der Waals surface area contributed by atoms with Crippen LogP contribution >= 0.6 is 0 Å². The first-order valence-electron chi connectivity index (χ1n) is 10.2. The van der Waals surface area contributed by atoms with Crippen LogP contribution in [0, 0.1) is 11.2 Å². The highest BCUT2D eigenvalue weighted by molar-refractivity contribution is 7.93. The summed E-state index contributed by atoms with van der Waals surface area (Å²) in [7, 11) is -4.19. The first kappa shape index (κ1) is 22.0. The van der Waals surface area contributed by atoms with Crippen molar-refractivity contribution < 1.29 is 27.1 Å². The Balaban J connectivity index is 1.87. The maximum absolute atomic E-state index is 14.0. The van der Waals surface area contributed by atoms with E-state index in [-0.39, 0.29) is 30.1 Å². The second-order valence-corrected chi connectivity index (χ2v) is 9.66. The molecule has 1 aliphatic heterocycles. The summed E-state index contributed by atoms with van der Waals surface area (Å²) in [4.78, 5) is 15.7. The fourth-order valence-corrected chi connectivity index (χ4v) is 6.20. The van der Waals surface area contributed by atoms with Gasteiger partial charge in [-0.2, -0.15) is 0 Å². The number of benzene rings is 2. The Hall–Kier alpha value is -3.26. The van der Waals surface area contributed by atoms with E-state index in [0.29, 0.717) is 5.75 Å². The largest absolute Gasteiger partial charge is 0.465 e. The second-order valence-electron chi connectivity index (χ2n) is 7.56. The van der Waals surface area contributed by atoms with Crippen LogP contribution in [0.5, 0.6) is 5.75 Å². The molecule has 0 aromatic heterocycles. The molecule has 0 fully saturated rings. The number of ether oxygens (including phenoxy) is 2. The molecular formula is C24H22FNO5S. The van der Waals surface area contributed by atoms with Crippen molar-refractivity contribution in [3.63, 3.8) is 0 Å². The average molecular weight is 456 g/mol. The van der Waals surface area contributed by atoms with Gasteiger partial charge < -0.3 is 9.47 Å². The number of nitrogens with zero attached hydrogens (tertiary/aromatic N) is 1. The van der Waals surface area contributed by atoms with E-state index >= 15 is 0 Å². The Bertz CT molecular complexity index is 1190. The number of carbonyl (C=O) groups excluding carboxylic acids is 1. The molecule has 4 rings (SSSR count). The van der Waals surface area contributed by atoms with Crippen molar-refractivity contribution in [1.29, 1.82) is 0 Å². The number of hydrogen-bond donors (Lipinski definition) is 0. The number of halogens is 1. The normalized spacial score (nSPS) is 21.4. The van der Waals surface area contributed by atoms with Crippen molar-refractivity contribution >= 4 is 22.0 Å². The van der Waals surface area contributed by atoms with Crippen LogP contribution in [-0.2, 0) is 19.4 Å². The van der Waals surface area contributed by atoms with Gasteiger partial charge in [0.2, 0.25) is 14.7 Å². The molecule has 166 valence electrons. The Kier molecular flexibility index (Phi) is 5.73. The molecule has 0 radical (unpaired) electrons. The lowest BCUT2D eigenvalue weighted by atomic mass is 9.77. The molecule has 0 amide bonds. The van der Waals surface area contributed by atoms with Crippen LogP contribution in [0.1, 0.15) is 19.8 Å². The molecule has 0 saturated carbocycles. The minimum absolute atomic E-state index is 0.0343. The molecule has 0 bridgehead atoms. The quantitative estimate of drug-likeness (QED) is 0.461. The van der Waals surface area contributed by atoms with Crippen LogP contribution in [0.3, 0.4) is 0 Å². The molecular weight excluding hydrogens is 433 g/mol. The minimum Gasteiger partial charge on any atom is -0.465 e. The molecule has 0 saturated heterocycles. The first-order valence-corrected chi connectivity index (χ1v) is 11.7. The van der Waals surface area contributed by atoms with E-state index in [1.165, 1.54) is 48.7 Å². The molecule has 1 aliphatic carbocycles. The third-order valence-electron chi connectivity index (χ3n) is 5.69. The maximum atomic E-state index is 14.0. The summed E-state index contributed by atoms with van der Waals surface area (Å²) in [5, 5.41) is 0. The number of rotatable bonds is 7. The molecule has 0 N–H and O–H groups in total. The molecule has 1 heterocycles. The zero-order chi connectivity index (χ0) is 22.8. The maximum Gasteiger partial charge on any atom is 0.316 e. The number of hydrogen-bond acceptors (Lipinski definition) is 6. The van der Waals surface area contributed by atoms with Crippen molar-refractivity contribution in [2.75, 3.05) is 6.61 Å². The third-order valence-corrected chi connectivity index (χ3v) is 8.01. The molecule has 0 spiro atoms. The lowest BCUT2D eigenvalue weighted by molar-refractivity contribution is -0.156. The van der Waals surface area contributed by atoms with E-state index in [0.717, 1.165) is 0 Å². The zero-order valence-electron chi connectivity index (χ0n) is 17.4. The van der Waals surface area contributed by atoms with Gasteiger partial charge in [0.25, 0.3) is 0 Å². The van der Waals surface area contributed by atoms with E-state index < -0.39 is 31.9 Å².